The minimum absolute atomic E-state index is 0.0197. The van der Waals surface area contributed by atoms with E-state index >= 15 is 0 Å². The summed E-state index contributed by atoms with van der Waals surface area (Å²) in [6.45, 7) is -0.133. The molecule has 37 heavy (non-hydrogen) atoms. The monoisotopic (exact) mass is 561 g/mol. The summed E-state index contributed by atoms with van der Waals surface area (Å²) in [5.74, 6) is -0.102. The normalized spacial score (nSPS) is 18.4. The van der Waals surface area contributed by atoms with Crippen LogP contribution in [0.15, 0.2) is 93.9 Å². The molecule has 0 bridgehead atoms. The smallest absolute Gasteiger partial charge is 0.264 e. The van der Waals surface area contributed by atoms with Gasteiger partial charge in [0.2, 0.25) is 16.0 Å². The number of nitrogens with zero attached hydrogens (tertiary/aromatic N) is 3. The molecule has 0 aliphatic carbocycles. The molecule has 13 heteroatoms. The van der Waals surface area contributed by atoms with Crippen molar-refractivity contribution in [2.45, 2.75) is 10.5 Å². The molecule has 0 radical (unpaired) electrons. The van der Waals surface area contributed by atoms with E-state index in [-0.39, 0.29) is 23.1 Å². The summed E-state index contributed by atoms with van der Waals surface area (Å²) < 4.78 is 53.9. The summed E-state index contributed by atoms with van der Waals surface area (Å²) >= 11 is 5.88. The summed E-state index contributed by atoms with van der Waals surface area (Å²) in [6.07, 6.45) is 1.05. The first kappa shape index (κ1) is 26.6. The molecular formula is C24H24ClN5O5S2. The number of nitrogens with one attached hydrogen (secondary N) is 2. The SMILES string of the molecule is CN=C(NS(=O)(=O)c1ccc(Cl)cc1)N1CC(O)(c2ccccc2)C(c2ccc(NS(C)(=O)=O)cc2)=N1. The number of anilines is 1. The Balaban J connectivity index is 1.71. The number of sulfonamides is 2. The largest absolute Gasteiger partial charge is 0.377 e. The summed E-state index contributed by atoms with van der Waals surface area (Å²) in [5.41, 5.74) is -0.0169. The van der Waals surface area contributed by atoms with E-state index in [0.29, 0.717) is 21.8 Å². The molecule has 4 rings (SSSR count). The number of β-amino-alcohol motifs (C(OH)–C–C–N with tert-alkyl or cyclic N) is 1. The highest BCUT2D eigenvalue weighted by Gasteiger charge is 2.45. The minimum atomic E-state index is -4.03. The number of guanidine groups is 1. The highest BCUT2D eigenvalue weighted by molar-refractivity contribution is 7.92. The molecule has 3 aromatic rings. The zero-order valence-electron chi connectivity index (χ0n) is 19.8. The van der Waals surface area contributed by atoms with Crippen molar-refractivity contribution in [1.29, 1.82) is 0 Å². The fourth-order valence-electron chi connectivity index (χ4n) is 3.81. The molecule has 0 aromatic heterocycles. The number of hydrogen-bond donors (Lipinski definition) is 3. The van der Waals surface area contributed by atoms with Crippen molar-refractivity contribution in [2.24, 2.45) is 10.1 Å². The molecule has 1 aliphatic rings. The van der Waals surface area contributed by atoms with E-state index < -0.39 is 25.6 Å². The minimum Gasteiger partial charge on any atom is -0.377 e. The van der Waals surface area contributed by atoms with Gasteiger partial charge < -0.3 is 5.11 Å². The van der Waals surface area contributed by atoms with Gasteiger partial charge in [-0.2, -0.15) is 5.10 Å². The zero-order valence-corrected chi connectivity index (χ0v) is 22.2. The third kappa shape index (κ3) is 5.93. The third-order valence-electron chi connectivity index (χ3n) is 5.51. The van der Waals surface area contributed by atoms with Gasteiger partial charge in [0.05, 0.1) is 17.7 Å². The molecule has 1 heterocycles. The lowest BCUT2D eigenvalue weighted by molar-refractivity contribution is 0.104. The van der Waals surface area contributed by atoms with E-state index in [1.165, 1.54) is 36.3 Å². The fourth-order valence-corrected chi connectivity index (χ4v) is 5.55. The van der Waals surface area contributed by atoms with Crippen LogP contribution in [-0.2, 0) is 25.6 Å². The summed E-state index contributed by atoms with van der Waals surface area (Å²) in [6, 6.07) is 20.8. The summed E-state index contributed by atoms with van der Waals surface area (Å²) in [5, 5.41) is 18.1. The molecule has 1 aliphatic heterocycles. The van der Waals surface area contributed by atoms with E-state index in [1.807, 2.05) is 0 Å². The van der Waals surface area contributed by atoms with Gasteiger partial charge in [0, 0.05) is 23.3 Å². The molecule has 0 saturated carbocycles. The Morgan fingerprint density at radius 1 is 1.00 bits per heavy atom. The van der Waals surface area contributed by atoms with Crippen molar-refractivity contribution in [1.82, 2.24) is 9.73 Å². The average molecular weight is 562 g/mol. The number of rotatable bonds is 6. The van der Waals surface area contributed by atoms with Gasteiger partial charge in [-0.3, -0.25) is 9.71 Å². The van der Waals surface area contributed by atoms with Gasteiger partial charge in [-0.25, -0.2) is 26.6 Å². The van der Waals surface area contributed by atoms with Crippen LogP contribution in [0.4, 0.5) is 5.69 Å². The van der Waals surface area contributed by atoms with Crippen LogP contribution in [0, 0.1) is 0 Å². The predicted octanol–water partition coefficient (Wildman–Crippen LogP) is 2.58. The Labute approximate surface area is 220 Å². The molecule has 1 unspecified atom stereocenters. The molecule has 3 aromatic carbocycles. The van der Waals surface area contributed by atoms with Crippen LogP contribution in [0.5, 0.6) is 0 Å². The molecule has 0 saturated heterocycles. The molecule has 10 nitrogen and oxygen atoms in total. The maximum absolute atomic E-state index is 13.0. The lowest BCUT2D eigenvalue weighted by Gasteiger charge is -2.26. The zero-order chi connectivity index (χ0) is 26.8. The van der Waals surface area contributed by atoms with Gasteiger partial charge in [0.1, 0.15) is 5.71 Å². The Morgan fingerprint density at radius 3 is 2.19 bits per heavy atom. The van der Waals surface area contributed by atoms with E-state index in [2.05, 4.69) is 19.5 Å². The van der Waals surface area contributed by atoms with Crippen molar-refractivity contribution in [3.8, 4) is 0 Å². The van der Waals surface area contributed by atoms with Crippen molar-refractivity contribution in [3.05, 3.63) is 95.0 Å². The fraction of sp³-hybridized carbons (Fsp3) is 0.167. The summed E-state index contributed by atoms with van der Waals surface area (Å²) in [4.78, 5) is 4.05. The second kappa shape index (κ2) is 10.1. The number of aliphatic imine (C=N–C) groups is 1. The third-order valence-corrected chi connectivity index (χ3v) is 7.71. The maximum atomic E-state index is 13.0. The van der Waals surface area contributed by atoms with Gasteiger partial charge in [-0.05, 0) is 42.0 Å². The predicted molar refractivity (Wildman–Crippen MR) is 144 cm³/mol. The lowest BCUT2D eigenvalue weighted by Crippen LogP contribution is -2.45. The van der Waals surface area contributed by atoms with Crippen molar-refractivity contribution < 1.29 is 21.9 Å². The van der Waals surface area contributed by atoms with Gasteiger partial charge in [0.15, 0.2) is 5.60 Å². The number of benzene rings is 3. The Hall–Kier alpha value is -3.45. The second-order valence-corrected chi connectivity index (χ2v) is 12.2. The van der Waals surface area contributed by atoms with Crippen LogP contribution >= 0.6 is 11.6 Å². The Bertz CT molecular complexity index is 1560. The van der Waals surface area contributed by atoms with Crippen LogP contribution in [0.25, 0.3) is 0 Å². The lowest BCUT2D eigenvalue weighted by atomic mass is 9.86. The molecule has 0 fully saturated rings. The maximum Gasteiger partial charge on any atom is 0.264 e. The number of aliphatic hydroxyl groups is 1. The Kier molecular flexibility index (Phi) is 7.29. The van der Waals surface area contributed by atoms with Crippen LogP contribution in [0.2, 0.25) is 5.02 Å². The number of hydrogen-bond acceptors (Lipinski definition) is 7. The van der Waals surface area contributed by atoms with E-state index in [4.69, 9.17) is 11.6 Å². The van der Waals surface area contributed by atoms with Crippen LogP contribution < -0.4 is 9.44 Å². The average Bonchev–Trinajstić information content (AvgIpc) is 3.21. The standard InChI is InChI=1S/C24H24ClN5O5S2/c1-26-23(29-37(34,35)21-14-10-19(25)11-15-21)30-16-24(31,18-6-4-3-5-7-18)22(27-30)17-8-12-20(13-9-17)28-36(2,32)33/h3-15,28,31H,16H2,1-2H3,(H,26,29). The quantitative estimate of drug-likeness (QED) is 0.312. The molecular weight excluding hydrogens is 538 g/mol. The highest BCUT2D eigenvalue weighted by Crippen LogP contribution is 2.33. The van der Waals surface area contributed by atoms with Gasteiger partial charge >= 0.3 is 0 Å². The van der Waals surface area contributed by atoms with Gasteiger partial charge in [-0.1, -0.05) is 54.1 Å². The second-order valence-electron chi connectivity index (χ2n) is 8.29. The van der Waals surface area contributed by atoms with Crippen molar-refractivity contribution in [3.63, 3.8) is 0 Å². The topological polar surface area (TPSA) is 141 Å². The van der Waals surface area contributed by atoms with Crippen LogP contribution in [-0.4, -0.2) is 58.5 Å². The summed E-state index contributed by atoms with van der Waals surface area (Å²) in [7, 11) is -6.09. The van der Waals surface area contributed by atoms with Crippen LogP contribution in [0.3, 0.4) is 0 Å². The van der Waals surface area contributed by atoms with Crippen molar-refractivity contribution in [2.75, 3.05) is 24.6 Å². The van der Waals surface area contributed by atoms with Crippen molar-refractivity contribution >= 4 is 49.0 Å². The van der Waals surface area contributed by atoms with E-state index in [0.717, 1.165) is 6.26 Å². The first-order valence-corrected chi connectivity index (χ1v) is 14.6. The molecule has 0 amide bonds. The Morgan fingerprint density at radius 2 is 1.62 bits per heavy atom. The first-order valence-electron chi connectivity index (χ1n) is 10.9. The highest BCUT2D eigenvalue weighted by atomic mass is 35.5. The van der Waals surface area contributed by atoms with E-state index in [1.54, 1.807) is 54.6 Å². The van der Waals surface area contributed by atoms with Gasteiger partial charge in [0.25, 0.3) is 10.0 Å². The number of hydrazone groups is 1. The molecule has 194 valence electrons. The van der Waals surface area contributed by atoms with Gasteiger partial charge in [-0.15, -0.1) is 0 Å². The molecule has 3 N–H and O–H groups in total. The van der Waals surface area contributed by atoms with E-state index in [9.17, 15) is 21.9 Å². The number of halogens is 1. The molecule has 0 spiro atoms. The first-order chi connectivity index (χ1) is 17.4. The molecule has 1 atom stereocenters. The van der Waals surface area contributed by atoms with Crippen LogP contribution in [0.1, 0.15) is 11.1 Å².